The van der Waals surface area contributed by atoms with Crippen LogP contribution in [-0.2, 0) is 14.4 Å². The fraction of sp³-hybridized carbons (Fsp3) is 0.529. The van der Waals surface area contributed by atoms with Crippen molar-refractivity contribution >= 4 is 17.5 Å². The average Bonchev–Trinajstić information content (AvgIpc) is 3.00. The lowest BCUT2D eigenvalue weighted by atomic mass is 9.91. The van der Waals surface area contributed by atoms with E-state index in [4.69, 9.17) is 4.84 Å². The normalized spacial score (nSPS) is 27.7. The van der Waals surface area contributed by atoms with E-state index in [9.17, 15) is 9.59 Å². The third-order valence-corrected chi connectivity index (χ3v) is 4.89. The lowest BCUT2D eigenvalue weighted by molar-refractivity contribution is -0.168. The van der Waals surface area contributed by atoms with Crippen LogP contribution in [0, 0.1) is 5.92 Å². The Balaban J connectivity index is 1.89. The average molecular weight is 317 g/mol. The number of nitrogens with zero attached hydrogens (tertiary/aromatic N) is 3. The highest BCUT2D eigenvalue weighted by molar-refractivity contribution is 6.07. The van der Waals surface area contributed by atoms with Gasteiger partial charge in [-0.25, -0.2) is 0 Å². The van der Waals surface area contributed by atoms with Gasteiger partial charge in [-0.3, -0.25) is 19.3 Å². The number of anilines is 1. The molecule has 0 aromatic heterocycles. The van der Waals surface area contributed by atoms with Gasteiger partial charge in [0.15, 0.2) is 6.10 Å². The lowest BCUT2D eigenvalue weighted by Crippen LogP contribution is -2.33. The summed E-state index contributed by atoms with van der Waals surface area (Å²) in [4.78, 5) is 33.6. The topological polar surface area (TPSA) is 53.1 Å². The van der Waals surface area contributed by atoms with Gasteiger partial charge in [0.05, 0.1) is 12.0 Å². The van der Waals surface area contributed by atoms with Crippen LogP contribution >= 0.6 is 0 Å². The van der Waals surface area contributed by atoms with Gasteiger partial charge in [-0.2, -0.15) is 5.06 Å². The van der Waals surface area contributed by atoms with Crippen molar-refractivity contribution < 1.29 is 14.4 Å². The van der Waals surface area contributed by atoms with E-state index in [1.165, 1.54) is 11.9 Å². The van der Waals surface area contributed by atoms with Gasteiger partial charge in [-0.15, -0.1) is 0 Å². The number of hydrogen-bond donors (Lipinski definition) is 0. The second-order valence-corrected chi connectivity index (χ2v) is 6.04. The first-order valence-electron chi connectivity index (χ1n) is 8.05. The molecule has 0 aliphatic carbocycles. The van der Waals surface area contributed by atoms with Crippen LogP contribution < -0.4 is 4.90 Å². The monoisotopic (exact) mass is 317 g/mol. The molecule has 0 saturated carbocycles. The van der Waals surface area contributed by atoms with Gasteiger partial charge in [0.1, 0.15) is 0 Å². The summed E-state index contributed by atoms with van der Waals surface area (Å²) in [6.07, 6.45) is -0.690. The van der Waals surface area contributed by atoms with Crippen molar-refractivity contribution in [2.75, 3.05) is 32.1 Å². The lowest BCUT2D eigenvalue weighted by Gasteiger charge is -2.25. The summed E-state index contributed by atoms with van der Waals surface area (Å²) in [5, 5.41) is 1.64. The Labute approximate surface area is 136 Å². The number of rotatable bonds is 4. The molecule has 0 N–H and O–H groups in total. The smallest absolute Gasteiger partial charge is 0.261 e. The quantitative estimate of drug-likeness (QED) is 0.787. The van der Waals surface area contributed by atoms with E-state index in [0.29, 0.717) is 0 Å². The Morgan fingerprint density at radius 2 is 1.65 bits per heavy atom. The number of imide groups is 1. The van der Waals surface area contributed by atoms with E-state index in [1.54, 1.807) is 12.1 Å². The second kappa shape index (κ2) is 5.94. The zero-order chi connectivity index (χ0) is 16.7. The summed E-state index contributed by atoms with van der Waals surface area (Å²) in [7, 11) is 3.30. The number of hydroxylamine groups is 2. The fourth-order valence-corrected chi connectivity index (χ4v) is 3.58. The molecule has 0 radical (unpaired) electrons. The maximum absolute atomic E-state index is 12.4. The summed E-state index contributed by atoms with van der Waals surface area (Å²) in [5.74, 6) is -0.881. The summed E-state index contributed by atoms with van der Waals surface area (Å²) in [5.41, 5.74) is 2.15. The van der Waals surface area contributed by atoms with Crippen LogP contribution in [0.3, 0.4) is 0 Å². The van der Waals surface area contributed by atoms with Gasteiger partial charge in [-0.05, 0) is 31.5 Å². The molecule has 0 unspecified atom stereocenters. The third kappa shape index (κ3) is 2.42. The molecule has 2 aliphatic rings. The molecule has 2 amide bonds. The molecule has 2 saturated heterocycles. The Bertz CT molecular complexity index is 612. The van der Waals surface area contributed by atoms with Crippen molar-refractivity contribution in [3.8, 4) is 0 Å². The highest BCUT2D eigenvalue weighted by Crippen LogP contribution is 2.43. The molecule has 3 atom stereocenters. The van der Waals surface area contributed by atoms with Crippen molar-refractivity contribution in [2.24, 2.45) is 5.92 Å². The van der Waals surface area contributed by atoms with E-state index in [-0.39, 0.29) is 17.9 Å². The number of fused-ring (bicyclic) bond motifs is 1. The summed E-state index contributed by atoms with van der Waals surface area (Å²) in [6, 6.07) is 7.95. The van der Waals surface area contributed by atoms with Crippen LogP contribution in [-0.4, -0.2) is 55.1 Å². The molecule has 1 aromatic carbocycles. The molecule has 0 spiro atoms. The SMILES string of the molecule is CCN(CC)c1ccc([C@H]2[C@@H]3C(=O)N(C)C(=O)[C@@H]3ON2C)cc1. The van der Waals surface area contributed by atoms with Crippen LogP contribution in [0.5, 0.6) is 0 Å². The second-order valence-electron chi connectivity index (χ2n) is 6.04. The van der Waals surface area contributed by atoms with Crippen LogP contribution in [0.15, 0.2) is 24.3 Å². The third-order valence-electron chi connectivity index (χ3n) is 4.89. The largest absolute Gasteiger partial charge is 0.372 e. The molecule has 6 nitrogen and oxygen atoms in total. The molecule has 124 valence electrons. The number of likely N-dealkylation sites (N-methyl/N-ethyl adjacent to an activating group) is 1. The van der Waals surface area contributed by atoms with Gasteiger partial charge >= 0.3 is 0 Å². The Morgan fingerprint density at radius 1 is 1.04 bits per heavy atom. The van der Waals surface area contributed by atoms with E-state index in [0.717, 1.165) is 24.3 Å². The maximum atomic E-state index is 12.4. The Morgan fingerprint density at radius 3 is 2.22 bits per heavy atom. The highest BCUT2D eigenvalue weighted by atomic mass is 16.7. The predicted molar refractivity (Wildman–Crippen MR) is 86.6 cm³/mol. The summed E-state index contributed by atoms with van der Waals surface area (Å²) < 4.78 is 0. The standard InChI is InChI=1S/C17H23N3O3/c1-5-20(6-2)12-9-7-11(8-10-12)14-13-15(23-19(14)4)17(22)18(3)16(13)21/h7-10,13-15H,5-6H2,1-4H3/t13-,14-,15+/m0/s1. The molecular formula is C17H23N3O3. The van der Waals surface area contributed by atoms with E-state index < -0.39 is 12.0 Å². The summed E-state index contributed by atoms with van der Waals surface area (Å²) in [6.45, 7) is 6.15. The van der Waals surface area contributed by atoms with Crippen LogP contribution in [0.25, 0.3) is 0 Å². The number of likely N-dealkylation sites (tertiary alicyclic amines) is 1. The minimum absolute atomic E-state index is 0.165. The molecule has 0 bridgehead atoms. The molecular weight excluding hydrogens is 294 g/mol. The molecule has 2 heterocycles. The number of benzene rings is 1. The zero-order valence-electron chi connectivity index (χ0n) is 14.0. The first-order chi connectivity index (χ1) is 11.0. The zero-order valence-corrected chi connectivity index (χ0v) is 14.0. The van der Waals surface area contributed by atoms with Crippen molar-refractivity contribution in [3.63, 3.8) is 0 Å². The van der Waals surface area contributed by atoms with Gasteiger partial charge in [0.2, 0.25) is 5.91 Å². The molecule has 2 aliphatic heterocycles. The first kappa shape index (κ1) is 16.0. The molecule has 23 heavy (non-hydrogen) atoms. The van der Waals surface area contributed by atoms with E-state index in [1.807, 2.05) is 12.1 Å². The predicted octanol–water partition coefficient (Wildman–Crippen LogP) is 1.43. The van der Waals surface area contributed by atoms with Gasteiger partial charge in [0.25, 0.3) is 5.91 Å². The number of hydrogen-bond acceptors (Lipinski definition) is 5. The molecule has 3 rings (SSSR count). The minimum atomic E-state index is -0.690. The molecule has 2 fully saturated rings. The van der Waals surface area contributed by atoms with Crippen molar-refractivity contribution in [2.45, 2.75) is 26.0 Å². The van der Waals surface area contributed by atoms with Crippen LogP contribution in [0.1, 0.15) is 25.5 Å². The highest BCUT2D eigenvalue weighted by Gasteiger charge is 2.57. The molecule has 1 aromatic rings. The van der Waals surface area contributed by atoms with E-state index >= 15 is 0 Å². The van der Waals surface area contributed by atoms with Crippen molar-refractivity contribution in [1.82, 2.24) is 9.96 Å². The van der Waals surface area contributed by atoms with E-state index in [2.05, 4.69) is 30.9 Å². The van der Waals surface area contributed by atoms with Gasteiger partial charge in [0, 0.05) is 32.9 Å². The molecule has 6 heteroatoms. The van der Waals surface area contributed by atoms with Gasteiger partial charge < -0.3 is 4.90 Å². The van der Waals surface area contributed by atoms with Crippen molar-refractivity contribution in [1.29, 1.82) is 0 Å². The van der Waals surface area contributed by atoms with Crippen LogP contribution in [0.4, 0.5) is 5.69 Å². The Hall–Kier alpha value is -1.92. The number of amides is 2. The fourth-order valence-electron chi connectivity index (χ4n) is 3.58. The van der Waals surface area contributed by atoms with Crippen LogP contribution in [0.2, 0.25) is 0 Å². The Kier molecular flexibility index (Phi) is 4.12. The van der Waals surface area contributed by atoms with Crippen molar-refractivity contribution in [3.05, 3.63) is 29.8 Å². The minimum Gasteiger partial charge on any atom is -0.372 e. The van der Waals surface area contributed by atoms with Gasteiger partial charge in [-0.1, -0.05) is 12.1 Å². The maximum Gasteiger partial charge on any atom is 0.261 e. The summed E-state index contributed by atoms with van der Waals surface area (Å²) >= 11 is 0. The number of carbonyl (C=O) groups excluding carboxylic acids is 2. The first-order valence-corrected chi connectivity index (χ1v) is 8.05. The number of carbonyl (C=O) groups is 2.